The molecule has 0 aliphatic carbocycles. The quantitative estimate of drug-likeness (QED) is 0.848. The van der Waals surface area contributed by atoms with Crippen LogP contribution in [0, 0.1) is 6.92 Å². The van der Waals surface area contributed by atoms with Gasteiger partial charge in [0.05, 0.1) is 28.4 Å². The summed E-state index contributed by atoms with van der Waals surface area (Å²) in [7, 11) is 1.76. The van der Waals surface area contributed by atoms with Crippen molar-refractivity contribution in [3.63, 3.8) is 0 Å². The normalized spacial score (nSPS) is 19.5. The average molecular weight is 318 g/mol. The highest BCUT2D eigenvalue weighted by atomic mass is 32.1. The fourth-order valence-corrected chi connectivity index (χ4v) is 3.86. The molecular formula is C16H22N4OS. The zero-order valence-corrected chi connectivity index (χ0v) is 14.0. The van der Waals surface area contributed by atoms with E-state index in [1.165, 1.54) is 12.8 Å². The maximum Gasteiger partial charge on any atom is 0.104 e. The molecule has 3 heterocycles. The van der Waals surface area contributed by atoms with Gasteiger partial charge in [0.2, 0.25) is 0 Å². The van der Waals surface area contributed by atoms with Crippen LogP contribution in [0.1, 0.15) is 30.1 Å². The standard InChI is InChI=1S/C16H22N4OS/c1-12-16(22-11-19-12)15-14(17-5-6-18-15)13-4-3-7-20(10-13)8-9-21-2/h5-6,11,13H,3-4,7-10H2,1-2H3/t13-/m0/s1. The van der Waals surface area contributed by atoms with Gasteiger partial charge in [0.25, 0.3) is 0 Å². The summed E-state index contributed by atoms with van der Waals surface area (Å²) in [4.78, 5) is 17.3. The van der Waals surface area contributed by atoms with Gasteiger partial charge in [-0.15, -0.1) is 11.3 Å². The van der Waals surface area contributed by atoms with Crippen molar-refractivity contribution in [3.05, 3.63) is 29.3 Å². The summed E-state index contributed by atoms with van der Waals surface area (Å²) in [6.45, 7) is 5.99. The molecule has 3 rings (SSSR count). The van der Waals surface area contributed by atoms with Gasteiger partial charge in [-0.25, -0.2) is 4.98 Å². The van der Waals surface area contributed by atoms with Crippen molar-refractivity contribution >= 4 is 11.3 Å². The molecule has 0 bridgehead atoms. The van der Waals surface area contributed by atoms with Crippen LogP contribution in [-0.4, -0.2) is 53.2 Å². The Hall–Kier alpha value is -1.37. The van der Waals surface area contributed by atoms with E-state index >= 15 is 0 Å². The molecule has 0 radical (unpaired) electrons. The number of aryl methyl sites for hydroxylation is 1. The summed E-state index contributed by atoms with van der Waals surface area (Å²) in [6, 6.07) is 0. The first-order valence-corrected chi connectivity index (χ1v) is 8.60. The third-order valence-corrected chi connectivity index (χ3v) is 5.13. The Kier molecular flexibility index (Phi) is 5.12. The first-order chi connectivity index (χ1) is 10.8. The number of hydrogen-bond donors (Lipinski definition) is 0. The van der Waals surface area contributed by atoms with E-state index in [1.54, 1.807) is 24.6 Å². The summed E-state index contributed by atoms with van der Waals surface area (Å²) in [6.07, 6.45) is 5.96. The van der Waals surface area contributed by atoms with Gasteiger partial charge in [-0.2, -0.15) is 0 Å². The Morgan fingerprint density at radius 1 is 1.32 bits per heavy atom. The summed E-state index contributed by atoms with van der Waals surface area (Å²) < 4.78 is 5.21. The molecule has 0 spiro atoms. The number of aromatic nitrogens is 3. The van der Waals surface area contributed by atoms with Gasteiger partial charge in [-0.1, -0.05) is 0 Å². The first-order valence-electron chi connectivity index (χ1n) is 7.72. The lowest BCUT2D eigenvalue weighted by Crippen LogP contribution is -2.37. The molecule has 6 heteroatoms. The van der Waals surface area contributed by atoms with Crippen molar-refractivity contribution in [1.82, 2.24) is 19.9 Å². The van der Waals surface area contributed by atoms with Gasteiger partial charge in [0.15, 0.2) is 0 Å². The molecule has 2 aromatic heterocycles. The zero-order valence-electron chi connectivity index (χ0n) is 13.2. The molecule has 118 valence electrons. The van der Waals surface area contributed by atoms with Gasteiger partial charge < -0.3 is 9.64 Å². The van der Waals surface area contributed by atoms with E-state index in [4.69, 9.17) is 4.74 Å². The zero-order chi connectivity index (χ0) is 15.4. The molecule has 1 saturated heterocycles. The van der Waals surface area contributed by atoms with Crippen LogP contribution in [-0.2, 0) is 4.74 Å². The molecule has 1 fully saturated rings. The van der Waals surface area contributed by atoms with Crippen LogP contribution in [0.15, 0.2) is 17.9 Å². The van der Waals surface area contributed by atoms with Crippen LogP contribution >= 0.6 is 11.3 Å². The predicted octanol–water partition coefficient (Wildman–Crippen LogP) is 2.73. The Morgan fingerprint density at radius 2 is 2.18 bits per heavy atom. The number of thiazole rings is 1. The summed E-state index contributed by atoms with van der Waals surface area (Å²) in [5, 5.41) is 0. The SMILES string of the molecule is COCCN1CCC[C@H](c2nccnc2-c2scnc2C)C1. The second kappa shape index (κ2) is 7.26. The molecule has 0 saturated carbocycles. The summed E-state index contributed by atoms with van der Waals surface area (Å²) >= 11 is 1.65. The molecule has 22 heavy (non-hydrogen) atoms. The Bertz CT molecular complexity index is 616. The van der Waals surface area contributed by atoms with E-state index in [1.807, 2.05) is 18.6 Å². The highest BCUT2D eigenvalue weighted by Gasteiger charge is 2.26. The van der Waals surface area contributed by atoms with Crippen molar-refractivity contribution in [2.75, 3.05) is 33.4 Å². The maximum atomic E-state index is 5.21. The van der Waals surface area contributed by atoms with E-state index in [0.717, 1.165) is 48.2 Å². The third kappa shape index (κ3) is 3.34. The summed E-state index contributed by atoms with van der Waals surface area (Å²) in [5.74, 6) is 0.441. The van der Waals surface area contributed by atoms with Crippen LogP contribution in [0.5, 0.6) is 0 Å². The number of ether oxygens (including phenoxy) is 1. The van der Waals surface area contributed by atoms with Gasteiger partial charge in [-0.05, 0) is 26.3 Å². The Balaban J connectivity index is 1.84. The smallest absolute Gasteiger partial charge is 0.104 e. The van der Waals surface area contributed by atoms with Crippen molar-refractivity contribution in [2.24, 2.45) is 0 Å². The molecule has 0 aromatic carbocycles. The summed E-state index contributed by atoms with van der Waals surface area (Å²) in [5.41, 5.74) is 5.06. The van der Waals surface area contributed by atoms with E-state index < -0.39 is 0 Å². The van der Waals surface area contributed by atoms with E-state index in [2.05, 4.69) is 19.9 Å². The van der Waals surface area contributed by atoms with Crippen molar-refractivity contribution in [2.45, 2.75) is 25.7 Å². The number of methoxy groups -OCH3 is 1. The number of likely N-dealkylation sites (tertiary alicyclic amines) is 1. The van der Waals surface area contributed by atoms with Crippen LogP contribution in [0.2, 0.25) is 0 Å². The van der Waals surface area contributed by atoms with E-state index in [-0.39, 0.29) is 0 Å². The van der Waals surface area contributed by atoms with Gasteiger partial charge in [0.1, 0.15) is 5.69 Å². The van der Waals surface area contributed by atoms with E-state index in [9.17, 15) is 0 Å². The fourth-order valence-electron chi connectivity index (χ4n) is 3.05. The topological polar surface area (TPSA) is 51.1 Å². The highest BCUT2D eigenvalue weighted by molar-refractivity contribution is 7.13. The lowest BCUT2D eigenvalue weighted by Gasteiger charge is -2.32. The third-order valence-electron chi connectivity index (χ3n) is 4.19. The molecule has 5 nitrogen and oxygen atoms in total. The number of rotatable bonds is 5. The number of hydrogen-bond acceptors (Lipinski definition) is 6. The second-order valence-electron chi connectivity index (χ2n) is 5.69. The second-order valence-corrected chi connectivity index (χ2v) is 6.54. The van der Waals surface area contributed by atoms with E-state index in [0.29, 0.717) is 5.92 Å². The van der Waals surface area contributed by atoms with Crippen molar-refractivity contribution < 1.29 is 4.74 Å². The minimum absolute atomic E-state index is 0.441. The van der Waals surface area contributed by atoms with Crippen LogP contribution in [0.4, 0.5) is 0 Å². The molecule has 1 aliphatic heterocycles. The lowest BCUT2D eigenvalue weighted by atomic mass is 9.92. The highest BCUT2D eigenvalue weighted by Crippen LogP contribution is 2.34. The molecule has 0 N–H and O–H groups in total. The average Bonchev–Trinajstić information content (AvgIpc) is 2.99. The predicted molar refractivity (Wildman–Crippen MR) is 88.2 cm³/mol. The number of nitrogens with zero attached hydrogens (tertiary/aromatic N) is 4. The molecule has 0 amide bonds. The van der Waals surface area contributed by atoms with Crippen LogP contribution in [0.25, 0.3) is 10.6 Å². The van der Waals surface area contributed by atoms with Crippen LogP contribution in [0.3, 0.4) is 0 Å². The minimum atomic E-state index is 0.441. The van der Waals surface area contributed by atoms with Crippen LogP contribution < -0.4 is 0 Å². The largest absolute Gasteiger partial charge is 0.383 e. The van der Waals surface area contributed by atoms with Crippen molar-refractivity contribution in [1.29, 1.82) is 0 Å². The van der Waals surface area contributed by atoms with Gasteiger partial charge >= 0.3 is 0 Å². The monoisotopic (exact) mass is 318 g/mol. The Labute approximate surface area is 135 Å². The minimum Gasteiger partial charge on any atom is -0.383 e. The first kappa shape index (κ1) is 15.5. The van der Waals surface area contributed by atoms with Gasteiger partial charge in [-0.3, -0.25) is 9.97 Å². The number of piperidine rings is 1. The van der Waals surface area contributed by atoms with Gasteiger partial charge in [0, 0.05) is 38.5 Å². The molecule has 1 aliphatic rings. The fraction of sp³-hybridized carbons (Fsp3) is 0.562. The molecule has 2 aromatic rings. The molecular weight excluding hydrogens is 296 g/mol. The lowest BCUT2D eigenvalue weighted by molar-refractivity contribution is 0.127. The molecule has 0 unspecified atom stereocenters. The Morgan fingerprint density at radius 3 is 2.95 bits per heavy atom. The maximum absolute atomic E-state index is 5.21. The molecule has 1 atom stereocenters. The van der Waals surface area contributed by atoms with Crippen molar-refractivity contribution in [3.8, 4) is 10.6 Å².